The second kappa shape index (κ2) is 8.18. The number of hydrogen-bond donors (Lipinski definition) is 1. The van der Waals surface area contributed by atoms with Crippen LogP contribution in [0.25, 0.3) is 0 Å². The molecule has 3 amide bonds. The summed E-state index contributed by atoms with van der Waals surface area (Å²) in [4.78, 5) is 27.9. The van der Waals surface area contributed by atoms with Gasteiger partial charge in [0.25, 0.3) is 0 Å². The molecule has 0 spiro atoms. The van der Waals surface area contributed by atoms with E-state index in [9.17, 15) is 9.59 Å². The van der Waals surface area contributed by atoms with E-state index in [0.29, 0.717) is 19.0 Å². The van der Waals surface area contributed by atoms with Crippen LogP contribution in [0, 0.1) is 0 Å². The van der Waals surface area contributed by atoms with Crippen LogP contribution >= 0.6 is 0 Å². The lowest BCUT2D eigenvalue weighted by atomic mass is 10.0. The molecule has 5 nitrogen and oxygen atoms in total. The molecule has 24 heavy (non-hydrogen) atoms. The Morgan fingerprint density at radius 2 is 2.00 bits per heavy atom. The zero-order valence-corrected chi connectivity index (χ0v) is 14.2. The van der Waals surface area contributed by atoms with Crippen molar-refractivity contribution in [2.24, 2.45) is 0 Å². The van der Waals surface area contributed by atoms with Gasteiger partial charge in [-0.2, -0.15) is 0 Å². The molecule has 130 valence electrons. The van der Waals surface area contributed by atoms with E-state index >= 15 is 0 Å². The summed E-state index contributed by atoms with van der Waals surface area (Å²) >= 11 is 0. The fourth-order valence-electron chi connectivity index (χ4n) is 3.71. The van der Waals surface area contributed by atoms with Gasteiger partial charge in [-0.3, -0.25) is 4.79 Å². The van der Waals surface area contributed by atoms with E-state index in [1.54, 1.807) is 0 Å². The minimum atomic E-state index is 0.0428. The SMILES string of the molecule is O=C1CCCN1CCCNC(=O)N1CCCC1Cc1ccccc1. The first kappa shape index (κ1) is 16.8. The number of carbonyl (C=O) groups is 2. The van der Waals surface area contributed by atoms with Crippen molar-refractivity contribution in [1.29, 1.82) is 0 Å². The molecule has 2 fully saturated rings. The van der Waals surface area contributed by atoms with Crippen LogP contribution in [0.3, 0.4) is 0 Å². The Hall–Kier alpha value is -2.04. The van der Waals surface area contributed by atoms with Crippen molar-refractivity contribution in [2.45, 2.75) is 44.6 Å². The van der Waals surface area contributed by atoms with E-state index in [4.69, 9.17) is 0 Å². The van der Waals surface area contributed by atoms with E-state index in [0.717, 1.165) is 51.7 Å². The van der Waals surface area contributed by atoms with E-state index in [1.807, 2.05) is 28.0 Å². The summed E-state index contributed by atoms with van der Waals surface area (Å²) in [7, 11) is 0. The number of urea groups is 1. The maximum atomic E-state index is 12.4. The molecular weight excluding hydrogens is 302 g/mol. The van der Waals surface area contributed by atoms with Crippen molar-refractivity contribution < 1.29 is 9.59 Å². The molecule has 3 rings (SSSR count). The molecule has 1 N–H and O–H groups in total. The molecule has 1 aromatic carbocycles. The highest BCUT2D eigenvalue weighted by Crippen LogP contribution is 2.21. The minimum Gasteiger partial charge on any atom is -0.343 e. The molecular formula is C19H27N3O2. The smallest absolute Gasteiger partial charge is 0.317 e. The molecule has 0 bridgehead atoms. The largest absolute Gasteiger partial charge is 0.343 e. The van der Waals surface area contributed by atoms with Crippen molar-refractivity contribution in [3.05, 3.63) is 35.9 Å². The average molecular weight is 329 g/mol. The summed E-state index contributed by atoms with van der Waals surface area (Å²) in [6.07, 6.45) is 5.56. The Morgan fingerprint density at radius 1 is 1.17 bits per heavy atom. The Morgan fingerprint density at radius 3 is 2.75 bits per heavy atom. The number of carbonyl (C=O) groups excluding carboxylic acids is 2. The summed E-state index contributed by atoms with van der Waals surface area (Å²) in [5, 5.41) is 3.03. The van der Waals surface area contributed by atoms with Gasteiger partial charge in [0.1, 0.15) is 0 Å². The molecule has 2 aliphatic heterocycles. The Bertz CT molecular complexity index is 561. The number of likely N-dealkylation sites (tertiary alicyclic amines) is 2. The summed E-state index contributed by atoms with van der Waals surface area (Å²) < 4.78 is 0. The second-order valence-corrected chi connectivity index (χ2v) is 6.75. The average Bonchev–Trinajstić information content (AvgIpc) is 3.21. The van der Waals surface area contributed by atoms with Crippen molar-refractivity contribution in [3.8, 4) is 0 Å². The van der Waals surface area contributed by atoms with Crippen LogP contribution < -0.4 is 5.32 Å². The summed E-state index contributed by atoms with van der Waals surface area (Å²) in [5.41, 5.74) is 1.29. The Balaban J connectivity index is 1.41. The number of rotatable bonds is 6. The van der Waals surface area contributed by atoms with Gasteiger partial charge in [-0.25, -0.2) is 4.79 Å². The number of nitrogens with zero attached hydrogens (tertiary/aromatic N) is 2. The van der Waals surface area contributed by atoms with Gasteiger partial charge >= 0.3 is 6.03 Å². The van der Waals surface area contributed by atoms with Gasteiger partial charge < -0.3 is 15.1 Å². The quantitative estimate of drug-likeness (QED) is 0.815. The monoisotopic (exact) mass is 329 g/mol. The number of amides is 3. The van der Waals surface area contributed by atoms with Crippen LogP contribution in [0.1, 0.15) is 37.7 Å². The van der Waals surface area contributed by atoms with Crippen LogP contribution in [0.5, 0.6) is 0 Å². The zero-order chi connectivity index (χ0) is 16.8. The first-order chi connectivity index (χ1) is 11.7. The molecule has 0 aromatic heterocycles. The molecule has 1 aromatic rings. The van der Waals surface area contributed by atoms with E-state index in [1.165, 1.54) is 5.56 Å². The van der Waals surface area contributed by atoms with Crippen molar-refractivity contribution in [2.75, 3.05) is 26.2 Å². The van der Waals surface area contributed by atoms with Gasteiger partial charge in [-0.1, -0.05) is 30.3 Å². The predicted octanol–water partition coefficient (Wildman–Crippen LogP) is 2.42. The van der Waals surface area contributed by atoms with Crippen LogP contribution in [-0.4, -0.2) is 54.0 Å². The lowest BCUT2D eigenvalue weighted by Crippen LogP contribution is -2.44. The summed E-state index contributed by atoms with van der Waals surface area (Å²) in [5.74, 6) is 0.254. The lowest BCUT2D eigenvalue weighted by molar-refractivity contribution is -0.127. The highest BCUT2D eigenvalue weighted by Gasteiger charge is 2.28. The normalized spacial score (nSPS) is 20.7. The fourth-order valence-corrected chi connectivity index (χ4v) is 3.71. The third-order valence-corrected chi connectivity index (χ3v) is 5.00. The molecule has 5 heteroatoms. The molecule has 2 aliphatic rings. The van der Waals surface area contributed by atoms with Crippen molar-refractivity contribution in [1.82, 2.24) is 15.1 Å². The van der Waals surface area contributed by atoms with Gasteiger partial charge in [0.2, 0.25) is 5.91 Å². The van der Waals surface area contributed by atoms with Gasteiger partial charge in [-0.15, -0.1) is 0 Å². The van der Waals surface area contributed by atoms with Gasteiger partial charge in [-0.05, 0) is 37.7 Å². The molecule has 1 atom stereocenters. The topological polar surface area (TPSA) is 52.7 Å². The number of nitrogens with one attached hydrogen (secondary N) is 1. The molecule has 2 saturated heterocycles. The standard InChI is InChI=1S/C19H27N3O2/c23-18-10-5-12-21(18)13-6-11-20-19(24)22-14-4-9-17(22)15-16-7-2-1-3-8-16/h1-3,7-8,17H,4-6,9-15H2,(H,20,24). The third kappa shape index (κ3) is 4.28. The van der Waals surface area contributed by atoms with Crippen LogP contribution in [-0.2, 0) is 11.2 Å². The molecule has 1 unspecified atom stereocenters. The highest BCUT2D eigenvalue weighted by molar-refractivity contribution is 5.78. The van der Waals surface area contributed by atoms with Crippen LogP contribution in [0.15, 0.2) is 30.3 Å². The molecule has 0 radical (unpaired) electrons. The fraction of sp³-hybridized carbons (Fsp3) is 0.579. The first-order valence-corrected chi connectivity index (χ1v) is 9.10. The predicted molar refractivity (Wildman–Crippen MR) is 93.7 cm³/mol. The molecule has 0 saturated carbocycles. The maximum absolute atomic E-state index is 12.4. The lowest BCUT2D eigenvalue weighted by Gasteiger charge is -2.25. The van der Waals surface area contributed by atoms with Gasteiger partial charge in [0.15, 0.2) is 0 Å². The highest BCUT2D eigenvalue weighted by atomic mass is 16.2. The third-order valence-electron chi connectivity index (χ3n) is 5.00. The number of hydrogen-bond acceptors (Lipinski definition) is 2. The summed E-state index contributed by atoms with van der Waals surface area (Å²) in [6, 6.07) is 10.7. The van der Waals surface area contributed by atoms with E-state index in [2.05, 4.69) is 17.4 Å². The van der Waals surface area contributed by atoms with E-state index in [-0.39, 0.29) is 11.9 Å². The van der Waals surface area contributed by atoms with Crippen molar-refractivity contribution >= 4 is 11.9 Å². The van der Waals surface area contributed by atoms with Crippen molar-refractivity contribution in [3.63, 3.8) is 0 Å². The van der Waals surface area contributed by atoms with E-state index < -0.39 is 0 Å². The van der Waals surface area contributed by atoms with Crippen LogP contribution in [0.4, 0.5) is 4.79 Å². The Labute approximate surface area is 144 Å². The first-order valence-electron chi connectivity index (χ1n) is 9.10. The molecule has 2 heterocycles. The van der Waals surface area contributed by atoms with Crippen LogP contribution in [0.2, 0.25) is 0 Å². The maximum Gasteiger partial charge on any atom is 0.317 e. The number of benzene rings is 1. The van der Waals surface area contributed by atoms with Gasteiger partial charge in [0.05, 0.1) is 0 Å². The van der Waals surface area contributed by atoms with Gasteiger partial charge in [0, 0.05) is 38.6 Å². The zero-order valence-electron chi connectivity index (χ0n) is 14.2. The Kier molecular flexibility index (Phi) is 5.72. The molecule has 0 aliphatic carbocycles. The second-order valence-electron chi connectivity index (χ2n) is 6.75. The summed E-state index contributed by atoms with van der Waals surface area (Å²) in [6.45, 7) is 3.11. The minimum absolute atomic E-state index is 0.0428.